The van der Waals surface area contributed by atoms with Crippen LogP contribution in [-0.4, -0.2) is 37.9 Å². The molecule has 0 bridgehead atoms. The lowest BCUT2D eigenvalue weighted by Gasteiger charge is -2.42. The monoisotopic (exact) mass is 272 g/mol. The molecular formula is C14H24O5. The second-order valence-electron chi connectivity index (χ2n) is 4.78. The number of hydrogen-bond donors (Lipinski definition) is 0. The molecule has 0 N–H and O–H groups in total. The van der Waals surface area contributed by atoms with Crippen LogP contribution in [0.1, 0.15) is 46.5 Å². The Hall–Kier alpha value is -1.10. The van der Waals surface area contributed by atoms with Crippen LogP contribution in [0.4, 0.5) is 0 Å². The van der Waals surface area contributed by atoms with Crippen LogP contribution >= 0.6 is 0 Å². The minimum absolute atomic E-state index is 0.0413. The molecule has 0 unspecified atom stereocenters. The first kappa shape index (κ1) is 16.0. The fourth-order valence-electron chi connectivity index (χ4n) is 2.18. The number of hydrogen-bond acceptors (Lipinski definition) is 5. The Morgan fingerprint density at radius 1 is 1.05 bits per heavy atom. The largest absolute Gasteiger partial charge is 0.465 e. The predicted molar refractivity (Wildman–Crippen MR) is 69.6 cm³/mol. The highest BCUT2D eigenvalue weighted by Gasteiger charge is 2.59. The molecule has 5 heteroatoms. The Labute approximate surface area is 114 Å². The molecule has 0 heterocycles. The summed E-state index contributed by atoms with van der Waals surface area (Å²) in [6, 6.07) is 0. The molecule has 0 saturated heterocycles. The normalized spacial score (nSPS) is 17.6. The quantitative estimate of drug-likeness (QED) is 0.384. The molecule has 1 saturated carbocycles. The second-order valence-corrected chi connectivity index (χ2v) is 4.78. The Bertz CT molecular complexity index is 287. The third-order valence-electron chi connectivity index (χ3n) is 3.34. The Balaban J connectivity index is 2.56. The number of unbranched alkanes of at least 4 members (excludes halogenated alkanes) is 1. The molecule has 1 fully saturated rings. The number of carbonyl (C=O) groups is 2. The minimum Gasteiger partial charge on any atom is -0.465 e. The van der Waals surface area contributed by atoms with E-state index in [1.54, 1.807) is 13.8 Å². The van der Waals surface area contributed by atoms with Gasteiger partial charge in [0.05, 0.1) is 19.3 Å². The standard InChI is InChI=1S/C14H24O5/c1-4-7-8-19-11-9-14(10-11,12(15)17-5-2)13(16)18-6-3/h11H,4-10H2,1-3H3. The Morgan fingerprint density at radius 3 is 2.00 bits per heavy atom. The fraction of sp³-hybridized carbons (Fsp3) is 0.857. The SMILES string of the molecule is CCCCOC1CC(C(=O)OCC)(C(=O)OCC)C1. The number of rotatable bonds is 8. The first-order valence-corrected chi connectivity index (χ1v) is 7.06. The molecule has 0 spiro atoms. The minimum atomic E-state index is -1.14. The van der Waals surface area contributed by atoms with Gasteiger partial charge in [-0.1, -0.05) is 13.3 Å². The van der Waals surface area contributed by atoms with Crippen LogP contribution in [0, 0.1) is 5.41 Å². The van der Waals surface area contributed by atoms with Gasteiger partial charge in [0.25, 0.3) is 0 Å². The molecule has 0 radical (unpaired) electrons. The third kappa shape index (κ3) is 3.69. The summed E-state index contributed by atoms with van der Waals surface area (Å²) < 4.78 is 15.6. The van der Waals surface area contributed by atoms with Crippen LogP contribution in [0.5, 0.6) is 0 Å². The molecule has 0 aromatic rings. The predicted octanol–water partition coefficient (Wildman–Crippen LogP) is 2.08. The van der Waals surface area contributed by atoms with Crippen molar-refractivity contribution in [1.82, 2.24) is 0 Å². The zero-order valence-corrected chi connectivity index (χ0v) is 12.1. The highest BCUT2D eigenvalue weighted by molar-refractivity contribution is 6.01. The van der Waals surface area contributed by atoms with Crippen molar-refractivity contribution in [3.63, 3.8) is 0 Å². The van der Waals surface area contributed by atoms with E-state index in [2.05, 4.69) is 6.92 Å². The molecule has 1 rings (SSSR count). The van der Waals surface area contributed by atoms with Gasteiger partial charge in [0.2, 0.25) is 0 Å². The molecule has 1 aliphatic carbocycles. The van der Waals surface area contributed by atoms with Gasteiger partial charge in [-0.05, 0) is 20.3 Å². The second kappa shape index (κ2) is 7.48. The Morgan fingerprint density at radius 2 is 1.58 bits per heavy atom. The van der Waals surface area contributed by atoms with Crippen molar-refractivity contribution in [2.75, 3.05) is 19.8 Å². The van der Waals surface area contributed by atoms with Gasteiger partial charge in [0, 0.05) is 19.4 Å². The zero-order chi connectivity index (χ0) is 14.3. The average molecular weight is 272 g/mol. The van der Waals surface area contributed by atoms with Gasteiger partial charge in [-0.15, -0.1) is 0 Å². The van der Waals surface area contributed by atoms with Crippen LogP contribution in [0.25, 0.3) is 0 Å². The van der Waals surface area contributed by atoms with Gasteiger partial charge in [0.1, 0.15) is 0 Å². The third-order valence-corrected chi connectivity index (χ3v) is 3.34. The molecule has 0 aliphatic heterocycles. The maximum atomic E-state index is 12.0. The zero-order valence-electron chi connectivity index (χ0n) is 12.1. The lowest BCUT2D eigenvalue weighted by atomic mass is 9.66. The molecule has 110 valence electrons. The van der Waals surface area contributed by atoms with Gasteiger partial charge in [-0.3, -0.25) is 9.59 Å². The lowest BCUT2D eigenvalue weighted by molar-refractivity contribution is -0.191. The van der Waals surface area contributed by atoms with Crippen LogP contribution in [0.2, 0.25) is 0 Å². The van der Waals surface area contributed by atoms with Gasteiger partial charge in [-0.25, -0.2) is 0 Å². The summed E-state index contributed by atoms with van der Waals surface area (Å²) in [6.45, 7) is 6.74. The Kier molecular flexibility index (Phi) is 6.28. The van der Waals surface area contributed by atoms with Crippen molar-refractivity contribution in [2.24, 2.45) is 5.41 Å². The first-order chi connectivity index (χ1) is 9.10. The maximum Gasteiger partial charge on any atom is 0.323 e. The van der Waals surface area contributed by atoms with Gasteiger partial charge >= 0.3 is 11.9 Å². The van der Waals surface area contributed by atoms with Gasteiger partial charge in [0.15, 0.2) is 5.41 Å². The van der Waals surface area contributed by atoms with E-state index in [0.29, 0.717) is 19.4 Å². The molecule has 5 nitrogen and oxygen atoms in total. The fourth-order valence-corrected chi connectivity index (χ4v) is 2.18. The molecule has 1 aliphatic rings. The van der Waals surface area contributed by atoms with Crippen molar-refractivity contribution >= 4 is 11.9 Å². The summed E-state index contributed by atoms with van der Waals surface area (Å²) in [7, 11) is 0. The average Bonchev–Trinajstić information content (AvgIpc) is 2.32. The van der Waals surface area contributed by atoms with Gasteiger partial charge < -0.3 is 14.2 Å². The summed E-state index contributed by atoms with van der Waals surface area (Å²) in [6.07, 6.45) is 2.75. The van der Waals surface area contributed by atoms with Crippen LogP contribution in [-0.2, 0) is 23.8 Å². The van der Waals surface area contributed by atoms with Gasteiger partial charge in [-0.2, -0.15) is 0 Å². The summed E-state index contributed by atoms with van der Waals surface area (Å²) in [4.78, 5) is 23.9. The van der Waals surface area contributed by atoms with E-state index in [9.17, 15) is 9.59 Å². The summed E-state index contributed by atoms with van der Waals surface area (Å²) in [5, 5.41) is 0. The van der Waals surface area contributed by atoms with Crippen LogP contribution in [0.3, 0.4) is 0 Å². The lowest BCUT2D eigenvalue weighted by Crippen LogP contribution is -2.54. The summed E-state index contributed by atoms with van der Waals surface area (Å²) in [5.41, 5.74) is -1.14. The molecule has 19 heavy (non-hydrogen) atoms. The van der Waals surface area contributed by atoms with Crippen molar-refractivity contribution in [2.45, 2.75) is 52.6 Å². The first-order valence-electron chi connectivity index (χ1n) is 7.06. The summed E-state index contributed by atoms with van der Waals surface area (Å²) in [5.74, 6) is -0.965. The van der Waals surface area contributed by atoms with E-state index in [1.165, 1.54) is 0 Å². The van der Waals surface area contributed by atoms with E-state index in [-0.39, 0.29) is 19.3 Å². The molecular weight excluding hydrogens is 248 g/mol. The van der Waals surface area contributed by atoms with Crippen molar-refractivity contribution in [3.05, 3.63) is 0 Å². The highest BCUT2D eigenvalue weighted by Crippen LogP contribution is 2.45. The maximum absolute atomic E-state index is 12.0. The topological polar surface area (TPSA) is 61.8 Å². The molecule has 0 amide bonds. The van der Waals surface area contributed by atoms with E-state index >= 15 is 0 Å². The van der Waals surface area contributed by atoms with Crippen molar-refractivity contribution in [3.8, 4) is 0 Å². The summed E-state index contributed by atoms with van der Waals surface area (Å²) >= 11 is 0. The molecule has 0 aromatic carbocycles. The number of ether oxygens (including phenoxy) is 3. The highest BCUT2D eigenvalue weighted by atomic mass is 16.6. The molecule has 0 aromatic heterocycles. The van der Waals surface area contributed by atoms with Crippen LogP contribution < -0.4 is 0 Å². The van der Waals surface area contributed by atoms with Crippen LogP contribution in [0.15, 0.2) is 0 Å². The van der Waals surface area contributed by atoms with E-state index < -0.39 is 17.4 Å². The van der Waals surface area contributed by atoms with E-state index in [4.69, 9.17) is 14.2 Å². The molecule has 0 atom stereocenters. The van der Waals surface area contributed by atoms with Crippen molar-refractivity contribution in [1.29, 1.82) is 0 Å². The van der Waals surface area contributed by atoms with E-state index in [0.717, 1.165) is 12.8 Å². The number of esters is 2. The van der Waals surface area contributed by atoms with E-state index in [1.807, 2.05) is 0 Å². The number of carbonyl (C=O) groups excluding carboxylic acids is 2. The van der Waals surface area contributed by atoms with Crippen molar-refractivity contribution < 1.29 is 23.8 Å². The smallest absolute Gasteiger partial charge is 0.323 e.